The Morgan fingerprint density at radius 2 is 1.45 bits per heavy atom. The molecule has 0 aromatic heterocycles. The molecule has 0 atom stereocenters. The summed E-state index contributed by atoms with van der Waals surface area (Å²) in [5.74, 6) is 0. The third-order valence-corrected chi connectivity index (χ3v) is 3.57. The standard InChI is InChI=1S/2C5H5.Al/c2*1-2-4-5-3-1;/h2*1-3H,4H2;/q;;+1. The van der Waals surface area contributed by atoms with Crippen LogP contribution in [0.3, 0.4) is 0 Å². The summed E-state index contributed by atoms with van der Waals surface area (Å²) in [5, 5.41) is 0. The minimum absolute atomic E-state index is 0.449. The van der Waals surface area contributed by atoms with E-state index in [0.717, 1.165) is 0 Å². The van der Waals surface area contributed by atoms with E-state index in [1.54, 1.807) is 8.87 Å². The molecule has 0 N–H and O–H groups in total. The average Bonchev–Trinajstić information content (AvgIpc) is 2.60. The molecule has 0 aromatic carbocycles. The fourth-order valence-corrected chi connectivity index (χ4v) is 2.78. The van der Waals surface area contributed by atoms with Gasteiger partial charge in [0.15, 0.2) is 0 Å². The molecular formula is C10H10Al+. The van der Waals surface area contributed by atoms with Crippen LogP contribution < -0.4 is 0 Å². The van der Waals surface area contributed by atoms with E-state index in [1.807, 2.05) is 0 Å². The van der Waals surface area contributed by atoms with Crippen LogP contribution >= 0.6 is 0 Å². The SMILES string of the molecule is C1=CC[C]([Al+][C]2=CC=CC2)=C1. The van der Waals surface area contributed by atoms with Crippen molar-refractivity contribution in [3.8, 4) is 0 Å². The zero-order valence-corrected chi connectivity index (χ0v) is 7.61. The summed E-state index contributed by atoms with van der Waals surface area (Å²) in [7, 11) is 0. The second kappa shape index (κ2) is 3.26. The Bertz CT molecular complexity index is 239. The maximum atomic E-state index is 2.27. The Morgan fingerprint density at radius 3 is 1.82 bits per heavy atom. The van der Waals surface area contributed by atoms with Gasteiger partial charge in [0.2, 0.25) is 0 Å². The van der Waals surface area contributed by atoms with Gasteiger partial charge in [-0.3, -0.25) is 0 Å². The second-order valence-corrected chi connectivity index (χ2v) is 4.66. The Balaban J connectivity index is 1.91. The molecule has 1 heteroatoms. The van der Waals surface area contributed by atoms with Crippen molar-refractivity contribution in [3.63, 3.8) is 0 Å². The van der Waals surface area contributed by atoms with Crippen molar-refractivity contribution in [2.24, 2.45) is 0 Å². The summed E-state index contributed by atoms with van der Waals surface area (Å²) in [6.45, 7) is 0. The van der Waals surface area contributed by atoms with E-state index in [2.05, 4.69) is 36.5 Å². The van der Waals surface area contributed by atoms with Gasteiger partial charge in [0.25, 0.3) is 0 Å². The van der Waals surface area contributed by atoms with Crippen molar-refractivity contribution in [1.82, 2.24) is 0 Å². The third kappa shape index (κ3) is 1.74. The predicted octanol–water partition coefficient (Wildman–Crippen LogP) is 2.38. The number of hydrogen-bond acceptors (Lipinski definition) is 0. The van der Waals surface area contributed by atoms with Crippen LogP contribution in [0, 0.1) is 0 Å². The van der Waals surface area contributed by atoms with E-state index >= 15 is 0 Å². The van der Waals surface area contributed by atoms with E-state index in [0.29, 0.717) is 15.2 Å². The molecule has 52 valence electrons. The van der Waals surface area contributed by atoms with Crippen LogP contribution in [0.5, 0.6) is 0 Å². The first-order valence-electron chi connectivity index (χ1n) is 4.01. The monoisotopic (exact) mass is 157 g/mol. The van der Waals surface area contributed by atoms with Crippen molar-refractivity contribution >= 4 is 15.2 Å². The summed E-state index contributed by atoms with van der Waals surface area (Å²) in [4.78, 5) is 0. The maximum absolute atomic E-state index is 2.27. The summed E-state index contributed by atoms with van der Waals surface area (Å²) in [6.07, 6.45) is 15.8. The number of rotatable bonds is 2. The summed E-state index contributed by atoms with van der Waals surface area (Å²) < 4.78 is 3.28. The van der Waals surface area contributed by atoms with Crippen LogP contribution in [0.4, 0.5) is 0 Å². The summed E-state index contributed by atoms with van der Waals surface area (Å²) >= 11 is 0.449. The molecule has 0 unspecified atom stereocenters. The van der Waals surface area contributed by atoms with Crippen molar-refractivity contribution < 1.29 is 0 Å². The minimum atomic E-state index is 0.449. The van der Waals surface area contributed by atoms with Crippen molar-refractivity contribution in [3.05, 3.63) is 45.3 Å². The van der Waals surface area contributed by atoms with Crippen LogP contribution in [-0.2, 0) is 0 Å². The molecule has 0 radical (unpaired) electrons. The first-order chi connectivity index (χ1) is 5.45. The zero-order valence-electron chi connectivity index (χ0n) is 6.46. The molecule has 0 aliphatic heterocycles. The van der Waals surface area contributed by atoms with Gasteiger partial charge in [0.1, 0.15) is 0 Å². The Morgan fingerprint density at radius 1 is 0.909 bits per heavy atom. The van der Waals surface area contributed by atoms with Crippen molar-refractivity contribution in [2.45, 2.75) is 12.8 Å². The van der Waals surface area contributed by atoms with Crippen molar-refractivity contribution in [2.75, 3.05) is 0 Å². The van der Waals surface area contributed by atoms with Gasteiger partial charge in [-0.2, -0.15) is 0 Å². The molecule has 0 spiro atoms. The fourth-order valence-electron chi connectivity index (χ4n) is 1.38. The molecule has 2 aliphatic rings. The second-order valence-electron chi connectivity index (χ2n) is 2.89. The third-order valence-electron chi connectivity index (χ3n) is 1.97. The quantitative estimate of drug-likeness (QED) is 0.540. The van der Waals surface area contributed by atoms with E-state index < -0.39 is 0 Å². The molecule has 2 rings (SSSR count). The predicted molar refractivity (Wildman–Crippen MR) is 49.4 cm³/mol. The molecule has 0 bridgehead atoms. The Hall–Kier alpha value is -0.508. The van der Waals surface area contributed by atoms with Gasteiger partial charge in [0.05, 0.1) is 0 Å². The first kappa shape index (κ1) is 7.16. The summed E-state index contributed by atoms with van der Waals surface area (Å²) in [6, 6.07) is 0. The van der Waals surface area contributed by atoms with Crippen LogP contribution in [0.1, 0.15) is 12.8 Å². The van der Waals surface area contributed by atoms with Crippen LogP contribution in [0.15, 0.2) is 45.3 Å². The fraction of sp³-hybridized carbons (Fsp3) is 0.200. The first-order valence-corrected chi connectivity index (χ1v) is 5.17. The van der Waals surface area contributed by atoms with Gasteiger partial charge in [0, 0.05) is 0 Å². The molecule has 0 nitrogen and oxygen atoms in total. The van der Waals surface area contributed by atoms with Crippen LogP contribution in [0.25, 0.3) is 0 Å². The van der Waals surface area contributed by atoms with Gasteiger partial charge in [-0.15, -0.1) is 0 Å². The molecule has 0 saturated heterocycles. The van der Waals surface area contributed by atoms with Gasteiger partial charge < -0.3 is 0 Å². The van der Waals surface area contributed by atoms with Crippen molar-refractivity contribution in [1.29, 1.82) is 0 Å². The molecule has 0 fully saturated rings. The van der Waals surface area contributed by atoms with Gasteiger partial charge in [-0.25, -0.2) is 0 Å². The van der Waals surface area contributed by atoms with Gasteiger partial charge >= 0.3 is 73.4 Å². The molecule has 2 aliphatic carbocycles. The number of hydrogen-bond donors (Lipinski definition) is 0. The molecule has 0 heterocycles. The molecular weight excluding hydrogens is 147 g/mol. The van der Waals surface area contributed by atoms with E-state index in [1.165, 1.54) is 12.8 Å². The average molecular weight is 157 g/mol. The molecule has 0 saturated carbocycles. The van der Waals surface area contributed by atoms with Crippen LogP contribution in [-0.4, -0.2) is 15.2 Å². The summed E-state index contributed by atoms with van der Waals surface area (Å²) in [5.41, 5.74) is 0. The van der Waals surface area contributed by atoms with E-state index in [4.69, 9.17) is 0 Å². The van der Waals surface area contributed by atoms with Gasteiger partial charge in [-0.1, -0.05) is 0 Å². The molecule has 0 amide bonds. The molecule has 11 heavy (non-hydrogen) atoms. The van der Waals surface area contributed by atoms with Gasteiger partial charge in [-0.05, 0) is 0 Å². The molecule has 0 aromatic rings. The topological polar surface area (TPSA) is 0 Å². The Kier molecular flexibility index (Phi) is 2.12. The van der Waals surface area contributed by atoms with E-state index in [9.17, 15) is 0 Å². The number of allylic oxidation sites excluding steroid dienone is 8. The Labute approximate surface area is 73.7 Å². The van der Waals surface area contributed by atoms with E-state index in [-0.39, 0.29) is 0 Å². The normalized spacial score (nSPS) is 20.0. The van der Waals surface area contributed by atoms with Crippen LogP contribution in [0.2, 0.25) is 0 Å². The zero-order chi connectivity index (χ0) is 7.52.